The molecule has 25 heavy (non-hydrogen) atoms. The summed E-state index contributed by atoms with van der Waals surface area (Å²) in [5, 5.41) is 14.3. The van der Waals surface area contributed by atoms with E-state index in [0.717, 1.165) is 18.5 Å². The number of H-pyrrole nitrogens is 1. The SMILES string of the molecule is Cn1ncc2c(=O)n(CC(=O)Nc3cc(C4CCCC4)[nH]n3)cnc21. The van der Waals surface area contributed by atoms with Gasteiger partial charge in [0.15, 0.2) is 11.5 Å². The Morgan fingerprint density at radius 3 is 3.00 bits per heavy atom. The number of anilines is 1. The molecule has 0 unspecified atom stereocenters. The molecule has 130 valence electrons. The monoisotopic (exact) mass is 341 g/mol. The number of nitrogens with zero attached hydrogens (tertiary/aromatic N) is 5. The van der Waals surface area contributed by atoms with Crippen LogP contribution < -0.4 is 10.9 Å². The Hall–Kier alpha value is -2.97. The van der Waals surface area contributed by atoms with E-state index in [0.29, 0.717) is 22.8 Å². The van der Waals surface area contributed by atoms with Crippen molar-refractivity contribution < 1.29 is 4.79 Å². The largest absolute Gasteiger partial charge is 0.308 e. The van der Waals surface area contributed by atoms with E-state index >= 15 is 0 Å². The van der Waals surface area contributed by atoms with Crippen LogP contribution in [0.15, 0.2) is 23.4 Å². The molecule has 1 aliphatic carbocycles. The molecule has 0 spiro atoms. The Balaban J connectivity index is 1.47. The summed E-state index contributed by atoms with van der Waals surface area (Å²) in [4.78, 5) is 28.8. The maximum atomic E-state index is 12.4. The van der Waals surface area contributed by atoms with Crippen LogP contribution in [0.25, 0.3) is 11.0 Å². The Bertz CT molecular complexity index is 978. The first-order valence-corrected chi connectivity index (χ1v) is 8.34. The molecule has 3 aromatic rings. The predicted molar refractivity (Wildman–Crippen MR) is 91.2 cm³/mol. The van der Waals surface area contributed by atoms with Gasteiger partial charge in [0, 0.05) is 24.7 Å². The second-order valence-corrected chi connectivity index (χ2v) is 6.42. The van der Waals surface area contributed by atoms with Gasteiger partial charge in [0.25, 0.3) is 5.56 Å². The molecule has 4 rings (SSSR count). The summed E-state index contributed by atoms with van der Waals surface area (Å²) in [7, 11) is 1.71. The lowest BCUT2D eigenvalue weighted by atomic mass is 10.0. The summed E-state index contributed by atoms with van der Waals surface area (Å²) < 4.78 is 2.79. The number of carbonyl (C=O) groups excluding carboxylic acids is 1. The molecule has 1 amide bonds. The molecule has 0 aliphatic heterocycles. The highest BCUT2D eigenvalue weighted by Gasteiger charge is 2.19. The highest BCUT2D eigenvalue weighted by Crippen LogP contribution is 2.33. The van der Waals surface area contributed by atoms with Crippen LogP contribution in [0.2, 0.25) is 0 Å². The van der Waals surface area contributed by atoms with Gasteiger partial charge in [-0.15, -0.1) is 0 Å². The van der Waals surface area contributed by atoms with Crippen LogP contribution in [0.1, 0.15) is 37.3 Å². The Morgan fingerprint density at radius 1 is 1.40 bits per heavy atom. The Labute approximate surface area is 143 Å². The van der Waals surface area contributed by atoms with E-state index in [1.165, 1.54) is 34.6 Å². The zero-order valence-corrected chi connectivity index (χ0v) is 13.9. The van der Waals surface area contributed by atoms with Gasteiger partial charge in [-0.3, -0.25) is 23.9 Å². The number of nitrogens with one attached hydrogen (secondary N) is 2. The van der Waals surface area contributed by atoms with Crippen molar-refractivity contribution in [2.24, 2.45) is 7.05 Å². The highest BCUT2D eigenvalue weighted by atomic mass is 16.2. The number of rotatable bonds is 4. The number of aryl methyl sites for hydroxylation is 1. The maximum absolute atomic E-state index is 12.4. The van der Waals surface area contributed by atoms with Gasteiger partial charge >= 0.3 is 0 Å². The molecule has 1 fully saturated rings. The summed E-state index contributed by atoms with van der Waals surface area (Å²) >= 11 is 0. The van der Waals surface area contributed by atoms with Gasteiger partial charge in [0.1, 0.15) is 18.3 Å². The van der Waals surface area contributed by atoms with Gasteiger partial charge in [-0.05, 0) is 12.8 Å². The molecule has 0 aromatic carbocycles. The van der Waals surface area contributed by atoms with Gasteiger partial charge in [-0.1, -0.05) is 12.8 Å². The number of hydrogen-bond acceptors (Lipinski definition) is 5. The second-order valence-electron chi connectivity index (χ2n) is 6.42. The van der Waals surface area contributed by atoms with E-state index in [-0.39, 0.29) is 18.0 Å². The fraction of sp³-hybridized carbons (Fsp3) is 0.438. The maximum Gasteiger partial charge on any atom is 0.264 e. The lowest BCUT2D eigenvalue weighted by molar-refractivity contribution is -0.116. The molecular formula is C16H19N7O2. The minimum absolute atomic E-state index is 0.123. The molecular weight excluding hydrogens is 322 g/mol. The zero-order valence-electron chi connectivity index (χ0n) is 13.9. The molecule has 0 bridgehead atoms. The minimum atomic E-state index is -0.323. The van der Waals surface area contributed by atoms with Gasteiger partial charge in [0.2, 0.25) is 5.91 Å². The summed E-state index contributed by atoms with van der Waals surface area (Å²) in [5.74, 6) is 0.657. The summed E-state index contributed by atoms with van der Waals surface area (Å²) in [6, 6.07) is 1.87. The smallest absolute Gasteiger partial charge is 0.264 e. The number of amides is 1. The van der Waals surface area contributed by atoms with E-state index in [4.69, 9.17) is 0 Å². The lowest BCUT2D eigenvalue weighted by Crippen LogP contribution is -2.27. The predicted octanol–water partition coefficient (Wildman–Crippen LogP) is 1.15. The van der Waals surface area contributed by atoms with Crippen molar-refractivity contribution in [2.45, 2.75) is 38.1 Å². The number of carbonyl (C=O) groups is 1. The van der Waals surface area contributed by atoms with Crippen LogP contribution in [0.5, 0.6) is 0 Å². The van der Waals surface area contributed by atoms with Crippen molar-refractivity contribution in [3.63, 3.8) is 0 Å². The van der Waals surface area contributed by atoms with Crippen molar-refractivity contribution in [1.82, 2.24) is 29.5 Å². The molecule has 3 heterocycles. The molecule has 9 heteroatoms. The first kappa shape index (κ1) is 15.6. The average molecular weight is 341 g/mol. The van der Waals surface area contributed by atoms with Crippen molar-refractivity contribution >= 4 is 22.8 Å². The van der Waals surface area contributed by atoms with E-state index in [2.05, 4.69) is 25.6 Å². The molecule has 1 saturated carbocycles. The third-order valence-electron chi connectivity index (χ3n) is 4.69. The Kier molecular flexibility index (Phi) is 3.83. The molecule has 0 radical (unpaired) electrons. The standard InChI is InChI=1S/C16H19N7O2/c1-22-15-11(7-18-22)16(25)23(9-17-15)8-14(24)19-13-6-12(20-21-13)10-4-2-3-5-10/h6-7,9-10H,2-5,8H2,1H3,(H2,19,20,21,24). The van der Waals surface area contributed by atoms with Gasteiger partial charge < -0.3 is 5.32 Å². The third kappa shape index (κ3) is 2.92. The van der Waals surface area contributed by atoms with Crippen molar-refractivity contribution in [3.8, 4) is 0 Å². The van der Waals surface area contributed by atoms with Crippen LogP contribution in [0.3, 0.4) is 0 Å². The molecule has 0 saturated heterocycles. The van der Waals surface area contributed by atoms with Crippen LogP contribution >= 0.6 is 0 Å². The van der Waals surface area contributed by atoms with Crippen LogP contribution in [0.4, 0.5) is 5.82 Å². The van der Waals surface area contributed by atoms with Gasteiger partial charge in [-0.25, -0.2) is 4.98 Å². The lowest BCUT2D eigenvalue weighted by Gasteiger charge is -2.05. The molecule has 9 nitrogen and oxygen atoms in total. The molecule has 1 aliphatic rings. The Morgan fingerprint density at radius 2 is 2.20 bits per heavy atom. The number of hydrogen-bond donors (Lipinski definition) is 2. The first-order valence-electron chi connectivity index (χ1n) is 8.34. The highest BCUT2D eigenvalue weighted by molar-refractivity contribution is 5.89. The van der Waals surface area contributed by atoms with Gasteiger partial charge in [0.05, 0.1) is 6.20 Å². The van der Waals surface area contributed by atoms with Gasteiger partial charge in [-0.2, -0.15) is 10.2 Å². The van der Waals surface area contributed by atoms with Crippen molar-refractivity contribution in [1.29, 1.82) is 0 Å². The van der Waals surface area contributed by atoms with Crippen molar-refractivity contribution in [3.05, 3.63) is 34.6 Å². The topological polar surface area (TPSA) is 110 Å². The normalized spacial score (nSPS) is 15.1. The van der Waals surface area contributed by atoms with E-state index in [1.54, 1.807) is 7.05 Å². The van der Waals surface area contributed by atoms with E-state index in [1.807, 2.05) is 6.07 Å². The minimum Gasteiger partial charge on any atom is -0.308 e. The number of aromatic amines is 1. The van der Waals surface area contributed by atoms with Crippen LogP contribution in [0, 0.1) is 0 Å². The number of aromatic nitrogens is 6. The number of fused-ring (bicyclic) bond motifs is 1. The molecule has 3 aromatic heterocycles. The van der Waals surface area contributed by atoms with Crippen LogP contribution in [-0.4, -0.2) is 35.4 Å². The van der Waals surface area contributed by atoms with E-state index in [9.17, 15) is 9.59 Å². The summed E-state index contributed by atoms with van der Waals surface area (Å²) in [5.41, 5.74) is 1.26. The zero-order chi connectivity index (χ0) is 17.4. The molecule has 0 atom stereocenters. The fourth-order valence-corrected chi connectivity index (χ4v) is 3.36. The first-order chi connectivity index (χ1) is 12.1. The summed E-state index contributed by atoms with van der Waals surface area (Å²) in [6.07, 6.45) is 7.60. The quantitative estimate of drug-likeness (QED) is 0.739. The molecule has 2 N–H and O–H groups in total. The fourth-order valence-electron chi connectivity index (χ4n) is 3.36. The van der Waals surface area contributed by atoms with Crippen LogP contribution in [-0.2, 0) is 18.4 Å². The summed E-state index contributed by atoms with van der Waals surface area (Å²) in [6.45, 7) is -0.123. The average Bonchev–Trinajstić information content (AvgIpc) is 3.31. The second kappa shape index (κ2) is 6.15. The van der Waals surface area contributed by atoms with E-state index < -0.39 is 0 Å². The third-order valence-corrected chi connectivity index (χ3v) is 4.69. The van der Waals surface area contributed by atoms with Crippen molar-refractivity contribution in [2.75, 3.05) is 5.32 Å².